The molecule has 1 heterocycles. The summed E-state index contributed by atoms with van der Waals surface area (Å²) in [5.41, 5.74) is 1.03. The van der Waals surface area contributed by atoms with Crippen molar-refractivity contribution >= 4 is 23.1 Å². The maximum Gasteiger partial charge on any atom is 0.416 e. The Morgan fingerprint density at radius 1 is 1.04 bits per heavy atom. The Hall–Kier alpha value is -5.71. The SMILES string of the molecule is C=CCc1cc(C=Nn2c(-c3cccc(C(F)(F)F)c3)nc3ccccc3c2=O)cc(OC)c1OCc1ccc(C(=O)O)cc1. The number of benzene rings is 4. The number of carboxylic acid groups (broad SMARTS) is 1. The zero-order valence-electron chi connectivity index (χ0n) is 23.9. The van der Waals surface area contributed by atoms with Crippen LogP contribution in [0.25, 0.3) is 22.3 Å². The molecule has 1 aromatic heterocycles. The number of aromatic carboxylic acids is 1. The van der Waals surface area contributed by atoms with Crippen LogP contribution in [0, 0.1) is 0 Å². The third-order valence-corrected chi connectivity index (χ3v) is 6.85. The number of alkyl halides is 3. The van der Waals surface area contributed by atoms with Gasteiger partial charge in [-0.3, -0.25) is 4.79 Å². The topological polar surface area (TPSA) is 103 Å². The van der Waals surface area contributed by atoms with E-state index in [0.717, 1.165) is 22.4 Å². The van der Waals surface area contributed by atoms with Crippen LogP contribution in [-0.4, -0.2) is 34.1 Å². The summed E-state index contributed by atoms with van der Waals surface area (Å²) < 4.78 is 53.2. The van der Waals surface area contributed by atoms with Crippen LogP contribution >= 0.6 is 0 Å². The Kier molecular flexibility index (Phi) is 8.80. The monoisotopic (exact) mass is 613 g/mol. The van der Waals surface area contributed by atoms with Crippen molar-refractivity contribution in [2.45, 2.75) is 19.2 Å². The van der Waals surface area contributed by atoms with Crippen LogP contribution in [0.4, 0.5) is 13.2 Å². The highest BCUT2D eigenvalue weighted by atomic mass is 19.4. The predicted molar refractivity (Wildman–Crippen MR) is 164 cm³/mol. The number of para-hydroxylation sites is 1. The van der Waals surface area contributed by atoms with Crippen molar-refractivity contribution in [1.29, 1.82) is 0 Å². The van der Waals surface area contributed by atoms with E-state index in [2.05, 4.69) is 16.7 Å². The second-order valence-electron chi connectivity index (χ2n) is 9.89. The Morgan fingerprint density at radius 3 is 2.49 bits per heavy atom. The first-order chi connectivity index (χ1) is 21.6. The Morgan fingerprint density at radius 2 is 1.80 bits per heavy atom. The fourth-order valence-corrected chi connectivity index (χ4v) is 4.66. The first-order valence-corrected chi connectivity index (χ1v) is 13.6. The van der Waals surface area contributed by atoms with Gasteiger partial charge in [0.25, 0.3) is 5.56 Å². The highest BCUT2D eigenvalue weighted by Crippen LogP contribution is 2.35. The van der Waals surface area contributed by atoms with Crippen LogP contribution in [0.1, 0.15) is 32.6 Å². The summed E-state index contributed by atoms with van der Waals surface area (Å²) in [7, 11) is 1.46. The van der Waals surface area contributed by atoms with E-state index in [0.29, 0.717) is 34.6 Å². The molecule has 0 atom stereocenters. The molecule has 8 nitrogen and oxygen atoms in total. The van der Waals surface area contributed by atoms with E-state index >= 15 is 0 Å². The van der Waals surface area contributed by atoms with Gasteiger partial charge in [-0.25, -0.2) is 9.78 Å². The molecule has 0 spiro atoms. The van der Waals surface area contributed by atoms with Gasteiger partial charge in [-0.2, -0.15) is 22.9 Å². The molecule has 5 rings (SSSR count). The van der Waals surface area contributed by atoms with Gasteiger partial charge >= 0.3 is 12.1 Å². The van der Waals surface area contributed by atoms with Crippen LogP contribution in [0.2, 0.25) is 0 Å². The second kappa shape index (κ2) is 12.9. The summed E-state index contributed by atoms with van der Waals surface area (Å²) in [5.74, 6) is -0.294. The van der Waals surface area contributed by atoms with Gasteiger partial charge in [-0.1, -0.05) is 42.5 Å². The second-order valence-corrected chi connectivity index (χ2v) is 9.89. The van der Waals surface area contributed by atoms with Gasteiger partial charge in [0.15, 0.2) is 17.3 Å². The number of rotatable bonds is 10. The molecule has 0 amide bonds. The van der Waals surface area contributed by atoms with Crippen LogP contribution in [0.5, 0.6) is 11.5 Å². The zero-order valence-corrected chi connectivity index (χ0v) is 23.9. The number of aromatic nitrogens is 2. The largest absolute Gasteiger partial charge is 0.493 e. The van der Waals surface area contributed by atoms with Crippen molar-refractivity contribution < 1.29 is 32.5 Å². The summed E-state index contributed by atoms with van der Waals surface area (Å²) in [5, 5.41) is 13.8. The van der Waals surface area contributed by atoms with Gasteiger partial charge in [-0.05, 0) is 66.1 Å². The van der Waals surface area contributed by atoms with E-state index in [1.807, 2.05) is 0 Å². The van der Waals surface area contributed by atoms with E-state index in [1.165, 1.54) is 37.6 Å². The lowest BCUT2D eigenvalue weighted by molar-refractivity contribution is -0.137. The first kappa shape index (κ1) is 30.7. The molecule has 228 valence electrons. The number of allylic oxidation sites excluding steroid dienone is 1. The third kappa shape index (κ3) is 6.77. The van der Waals surface area contributed by atoms with Crippen LogP contribution in [-0.2, 0) is 19.2 Å². The fraction of sp³-hybridized carbons (Fsp3) is 0.118. The number of nitrogens with zero attached hydrogens (tertiary/aromatic N) is 3. The van der Waals surface area contributed by atoms with E-state index in [-0.39, 0.29) is 28.9 Å². The molecule has 0 radical (unpaired) electrons. The minimum Gasteiger partial charge on any atom is -0.493 e. The van der Waals surface area contributed by atoms with Gasteiger partial charge in [0.1, 0.15) is 6.61 Å². The van der Waals surface area contributed by atoms with E-state index in [9.17, 15) is 22.8 Å². The summed E-state index contributed by atoms with van der Waals surface area (Å²) in [6.45, 7) is 3.94. The van der Waals surface area contributed by atoms with Gasteiger partial charge in [-0.15, -0.1) is 6.58 Å². The van der Waals surface area contributed by atoms with Gasteiger partial charge in [0, 0.05) is 11.1 Å². The number of hydrogen-bond acceptors (Lipinski definition) is 6. The lowest BCUT2D eigenvalue weighted by Gasteiger charge is -2.16. The predicted octanol–water partition coefficient (Wildman–Crippen LogP) is 6.98. The molecule has 0 saturated carbocycles. The van der Waals surface area contributed by atoms with Crippen LogP contribution < -0.4 is 15.0 Å². The van der Waals surface area contributed by atoms with Crippen molar-refractivity contribution in [1.82, 2.24) is 9.66 Å². The molecule has 5 aromatic rings. The van der Waals surface area contributed by atoms with Crippen molar-refractivity contribution in [3.05, 3.63) is 136 Å². The molecule has 0 fully saturated rings. The molecule has 0 saturated heterocycles. The van der Waals surface area contributed by atoms with Crippen molar-refractivity contribution in [2.24, 2.45) is 5.10 Å². The lowest BCUT2D eigenvalue weighted by atomic mass is 10.1. The van der Waals surface area contributed by atoms with Crippen molar-refractivity contribution in [3.8, 4) is 22.9 Å². The molecule has 4 aromatic carbocycles. The molecule has 1 N–H and O–H groups in total. The van der Waals surface area contributed by atoms with Gasteiger partial charge in [0.2, 0.25) is 0 Å². The summed E-state index contributed by atoms with van der Waals surface area (Å²) in [6.07, 6.45) is -1.14. The van der Waals surface area contributed by atoms with Crippen molar-refractivity contribution in [3.63, 3.8) is 0 Å². The number of halogens is 3. The summed E-state index contributed by atoms with van der Waals surface area (Å²) in [6, 6.07) is 20.8. The van der Waals surface area contributed by atoms with Crippen LogP contribution in [0.15, 0.2) is 107 Å². The van der Waals surface area contributed by atoms with E-state index in [1.54, 1.807) is 54.6 Å². The standard InChI is InChI=1S/C34H26F3N3O5/c1-3-7-24-16-22(17-29(44-2)30(24)45-20-21-12-14-23(15-13-21)33(42)43)19-38-40-31(25-8-6-9-26(18-25)34(35,36)37)39-28-11-5-4-10-27(28)32(40)41/h3-6,8-19H,1,7,20H2,2H3,(H,42,43). The molecule has 0 aliphatic rings. The van der Waals surface area contributed by atoms with Crippen molar-refractivity contribution in [2.75, 3.05) is 7.11 Å². The normalized spacial score (nSPS) is 11.6. The number of hydrogen-bond donors (Lipinski definition) is 1. The number of fused-ring (bicyclic) bond motifs is 1. The van der Waals surface area contributed by atoms with E-state index in [4.69, 9.17) is 14.6 Å². The molecule has 0 aliphatic heterocycles. The Labute approximate surface area is 255 Å². The lowest BCUT2D eigenvalue weighted by Crippen LogP contribution is -2.20. The highest BCUT2D eigenvalue weighted by Gasteiger charge is 2.31. The zero-order chi connectivity index (χ0) is 32.1. The fourth-order valence-electron chi connectivity index (χ4n) is 4.66. The van der Waals surface area contributed by atoms with Gasteiger partial charge in [0.05, 0.1) is 35.4 Å². The smallest absolute Gasteiger partial charge is 0.416 e. The molecular weight excluding hydrogens is 587 g/mol. The third-order valence-electron chi connectivity index (χ3n) is 6.85. The number of carbonyl (C=O) groups is 1. The number of methoxy groups -OCH3 is 1. The Balaban J connectivity index is 1.55. The Bertz CT molecular complexity index is 1980. The van der Waals surface area contributed by atoms with E-state index < -0.39 is 23.3 Å². The summed E-state index contributed by atoms with van der Waals surface area (Å²) >= 11 is 0. The first-order valence-electron chi connectivity index (χ1n) is 13.6. The highest BCUT2D eigenvalue weighted by molar-refractivity contribution is 5.87. The maximum absolute atomic E-state index is 13.5. The molecule has 0 aliphatic carbocycles. The maximum atomic E-state index is 13.5. The molecule has 45 heavy (non-hydrogen) atoms. The average molecular weight is 614 g/mol. The number of carboxylic acids is 1. The van der Waals surface area contributed by atoms with Crippen LogP contribution in [0.3, 0.4) is 0 Å². The minimum absolute atomic E-state index is 0.0619. The number of ether oxygens (including phenoxy) is 2. The summed E-state index contributed by atoms with van der Waals surface area (Å²) in [4.78, 5) is 29.2. The van der Waals surface area contributed by atoms with Gasteiger partial charge < -0.3 is 14.6 Å². The molecule has 11 heteroatoms. The minimum atomic E-state index is -4.59. The average Bonchev–Trinajstić information content (AvgIpc) is 3.03. The molecule has 0 bridgehead atoms. The quantitative estimate of drug-likeness (QED) is 0.135. The molecule has 0 unspecified atom stereocenters. The molecular formula is C34H26F3N3O5.